The monoisotopic (exact) mass is 400 g/mol. The molecule has 0 aliphatic heterocycles. The van der Waals surface area contributed by atoms with Crippen molar-refractivity contribution in [1.29, 1.82) is 0 Å². The number of alkyl halides is 9. The normalized spacial score (nSPS) is 13.3. The van der Waals surface area contributed by atoms with Gasteiger partial charge in [0.1, 0.15) is 0 Å². The van der Waals surface area contributed by atoms with Crippen LogP contribution in [0.4, 0.5) is 39.5 Å². The lowest BCUT2D eigenvalue weighted by Gasteiger charge is -2.20. The molecule has 9 heteroatoms. The number of hydrogen-bond acceptors (Lipinski definition) is 0. The summed E-state index contributed by atoms with van der Waals surface area (Å²) in [6.07, 6.45) is -14.8. The second kappa shape index (κ2) is 6.76. The summed E-state index contributed by atoms with van der Waals surface area (Å²) in [7, 11) is 0. The van der Waals surface area contributed by atoms with Crippen molar-refractivity contribution in [3.8, 4) is 11.1 Å². The van der Waals surface area contributed by atoms with Gasteiger partial charge in [0.15, 0.2) is 0 Å². The number of halogens is 9. The van der Waals surface area contributed by atoms with Gasteiger partial charge in [0, 0.05) is 0 Å². The van der Waals surface area contributed by atoms with E-state index in [-0.39, 0.29) is 17.2 Å². The molecule has 0 aliphatic carbocycles. The van der Waals surface area contributed by atoms with Crippen molar-refractivity contribution in [3.63, 3.8) is 0 Å². The van der Waals surface area contributed by atoms with Gasteiger partial charge in [0.2, 0.25) is 0 Å². The Hall–Kier alpha value is -2.19. The predicted molar refractivity (Wildman–Crippen MR) is 81.0 cm³/mol. The molecule has 0 radical (unpaired) electrons. The summed E-state index contributed by atoms with van der Waals surface area (Å²) in [5, 5.41) is 0. The van der Waals surface area contributed by atoms with Gasteiger partial charge in [-0.2, -0.15) is 39.5 Å². The van der Waals surface area contributed by atoms with Gasteiger partial charge in [-0.1, -0.05) is 26.0 Å². The topological polar surface area (TPSA) is 0 Å². The smallest absolute Gasteiger partial charge is 0.166 e. The zero-order chi connectivity index (χ0) is 20.8. The first-order chi connectivity index (χ1) is 12.1. The second-order valence-electron chi connectivity index (χ2n) is 6.21. The minimum absolute atomic E-state index is 0.0306. The van der Waals surface area contributed by atoms with E-state index in [1.54, 1.807) is 0 Å². The summed E-state index contributed by atoms with van der Waals surface area (Å²) in [6.45, 7) is 2.96. The molecule has 0 unspecified atom stereocenters. The molecule has 0 N–H and O–H groups in total. The lowest BCUT2D eigenvalue weighted by Crippen LogP contribution is -2.13. The van der Waals surface area contributed by atoms with Crippen LogP contribution in [0, 0.1) is 0 Å². The van der Waals surface area contributed by atoms with E-state index in [1.165, 1.54) is 13.8 Å². The van der Waals surface area contributed by atoms with Crippen LogP contribution < -0.4 is 0 Å². The minimum Gasteiger partial charge on any atom is -0.166 e. The molecule has 2 rings (SSSR count). The number of benzene rings is 2. The van der Waals surface area contributed by atoms with E-state index in [1.807, 2.05) is 0 Å². The van der Waals surface area contributed by atoms with Crippen molar-refractivity contribution in [2.75, 3.05) is 0 Å². The van der Waals surface area contributed by atoms with Crippen molar-refractivity contribution in [2.24, 2.45) is 0 Å². The quantitative estimate of drug-likeness (QED) is 0.457. The molecule has 0 aliphatic rings. The van der Waals surface area contributed by atoms with Crippen LogP contribution in [0.2, 0.25) is 0 Å². The van der Waals surface area contributed by atoms with Crippen LogP contribution in [-0.4, -0.2) is 0 Å². The average molecular weight is 400 g/mol. The summed E-state index contributed by atoms with van der Waals surface area (Å²) >= 11 is 0. The van der Waals surface area contributed by atoms with E-state index in [0.717, 1.165) is 12.1 Å². The summed E-state index contributed by atoms with van der Waals surface area (Å²) < 4.78 is 117. The standard InChI is InChI=1S/C18H13F9/c1-9(2)14-7-10(16(19,20)21)3-5-12(14)13-6-4-11(17(22,23)24)8-15(13)18(25,26)27/h3-9H,1-2H3. The van der Waals surface area contributed by atoms with Gasteiger partial charge in [-0.05, 0) is 46.9 Å². The Labute approximate surface area is 148 Å². The Morgan fingerprint density at radius 1 is 0.593 bits per heavy atom. The highest BCUT2D eigenvalue weighted by molar-refractivity contribution is 5.73. The van der Waals surface area contributed by atoms with Gasteiger partial charge in [-0.25, -0.2) is 0 Å². The van der Waals surface area contributed by atoms with Crippen molar-refractivity contribution in [1.82, 2.24) is 0 Å². The van der Waals surface area contributed by atoms with E-state index in [0.29, 0.717) is 18.2 Å². The summed E-state index contributed by atoms with van der Waals surface area (Å²) in [5.74, 6) is -0.592. The fraction of sp³-hybridized carbons (Fsp3) is 0.333. The largest absolute Gasteiger partial charge is 0.417 e. The molecule has 27 heavy (non-hydrogen) atoms. The third-order valence-corrected chi connectivity index (χ3v) is 3.94. The Morgan fingerprint density at radius 2 is 1.04 bits per heavy atom. The second-order valence-corrected chi connectivity index (χ2v) is 6.21. The van der Waals surface area contributed by atoms with E-state index < -0.39 is 46.7 Å². The number of hydrogen-bond donors (Lipinski definition) is 0. The van der Waals surface area contributed by atoms with Crippen LogP contribution in [0.15, 0.2) is 36.4 Å². The molecule has 0 saturated carbocycles. The highest BCUT2D eigenvalue weighted by Gasteiger charge is 2.39. The van der Waals surface area contributed by atoms with E-state index >= 15 is 0 Å². The molecule has 2 aromatic carbocycles. The van der Waals surface area contributed by atoms with E-state index in [2.05, 4.69) is 0 Å². The SMILES string of the molecule is CC(C)c1cc(C(F)(F)F)ccc1-c1ccc(C(F)(F)F)cc1C(F)(F)F. The zero-order valence-corrected chi connectivity index (χ0v) is 13.9. The van der Waals surface area contributed by atoms with Crippen LogP contribution in [-0.2, 0) is 18.5 Å². The lowest BCUT2D eigenvalue weighted by molar-refractivity contribution is -0.143. The van der Waals surface area contributed by atoms with Crippen molar-refractivity contribution < 1.29 is 39.5 Å². The Bertz CT molecular complexity index is 824. The maximum absolute atomic E-state index is 13.4. The molecule has 0 atom stereocenters. The Morgan fingerprint density at radius 3 is 1.44 bits per heavy atom. The van der Waals surface area contributed by atoms with E-state index in [9.17, 15) is 39.5 Å². The molecule has 0 saturated heterocycles. The van der Waals surface area contributed by atoms with Crippen LogP contribution >= 0.6 is 0 Å². The highest BCUT2D eigenvalue weighted by Crippen LogP contribution is 2.43. The molecule has 0 bridgehead atoms. The molecule has 0 fully saturated rings. The van der Waals surface area contributed by atoms with Gasteiger partial charge >= 0.3 is 18.5 Å². The molecule has 2 aromatic rings. The van der Waals surface area contributed by atoms with Gasteiger partial charge in [-0.15, -0.1) is 0 Å². The van der Waals surface area contributed by atoms with Gasteiger partial charge < -0.3 is 0 Å². The maximum Gasteiger partial charge on any atom is 0.417 e. The third-order valence-electron chi connectivity index (χ3n) is 3.94. The molecular weight excluding hydrogens is 387 g/mol. The molecule has 0 spiro atoms. The minimum atomic E-state index is -5.12. The summed E-state index contributed by atoms with van der Waals surface area (Å²) in [5.41, 5.74) is -4.94. The van der Waals surface area contributed by atoms with Gasteiger partial charge in [-0.3, -0.25) is 0 Å². The number of rotatable bonds is 2. The zero-order valence-electron chi connectivity index (χ0n) is 13.9. The van der Waals surface area contributed by atoms with E-state index in [4.69, 9.17) is 0 Å². The lowest BCUT2D eigenvalue weighted by atomic mass is 9.88. The van der Waals surface area contributed by atoms with Crippen LogP contribution in [0.1, 0.15) is 42.0 Å². The molecule has 0 nitrogen and oxygen atoms in total. The average Bonchev–Trinajstić information content (AvgIpc) is 2.51. The first-order valence-corrected chi connectivity index (χ1v) is 7.62. The molecule has 0 amide bonds. The predicted octanol–water partition coefficient (Wildman–Crippen LogP) is 7.53. The molecule has 0 aromatic heterocycles. The van der Waals surface area contributed by atoms with Crippen molar-refractivity contribution >= 4 is 0 Å². The first-order valence-electron chi connectivity index (χ1n) is 7.62. The van der Waals surface area contributed by atoms with Crippen LogP contribution in [0.5, 0.6) is 0 Å². The highest BCUT2D eigenvalue weighted by atomic mass is 19.4. The summed E-state index contributed by atoms with van der Waals surface area (Å²) in [4.78, 5) is 0. The Kier molecular flexibility index (Phi) is 5.29. The maximum atomic E-state index is 13.4. The van der Waals surface area contributed by atoms with Crippen molar-refractivity contribution in [3.05, 3.63) is 58.7 Å². The van der Waals surface area contributed by atoms with Crippen LogP contribution in [0.3, 0.4) is 0 Å². The van der Waals surface area contributed by atoms with Crippen molar-refractivity contribution in [2.45, 2.75) is 38.3 Å². The Balaban J connectivity index is 2.78. The van der Waals surface area contributed by atoms with Gasteiger partial charge in [0.25, 0.3) is 0 Å². The third kappa shape index (κ3) is 4.56. The fourth-order valence-electron chi connectivity index (χ4n) is 2.65. The molecule has 148 valence electrons. The van der Waals surface area contributed by atoms with Gasteiger partial charge in [0.05, 0.1) is 16.7 Å². The fourth-order valence-corrected chi connectivity index (χ4v) is 2.65. The molecular formula is C18H13F9. The molecule has 0 heterocycles. The summed E-state index contributed by atoms with van der Waals surface area (Å²) in [6, 6.07) is 3.27. The van der Waals surface area contributed by atoms with Crippen LogP contribution in [0.25, 0.3) is 11.1 Å². The first kappa shape index (κ1) is 21.1.